The standard InChI is InChI=1S/C11H20O2/c1-4-10-5-7-11(3,8-6-10)13-9(2)12/h10H,4-8H2,1-3H3. The van der Waals surface area contributed by atoms with E-state index in [0.29, 0.717) is 0 Å². The van der Waals surface area contributed by atoms with E-state index in [1.165, 1.54) is 26.2 Å². The van der Waals surface area contributed by atoms with Gasteiger partial charge in [-0.15, -0.1) is 0 Å². The van der Waals surface area contributed by atoms with Gasteiger partial charge in [-0.2, -0.15) is 0 Å². The Labute approximate surface area is 80.7 Å². The van der Waals surface area contributed by atoms with E-state index in [1.807, 2.05) is 0 Å². The zero-order valence-corrected chi connectivity index (χ0v) is 8.93. The second-order valence-corrected chi connectivity index (χ2v) is 4.40. The summed E-state index contributed by atoms with van der Waals surface area (Å²) >= 11 is 0. The molecule has 0 aromatic rings. The van der Waals surface area contributed by atoms with Crippen LogP contribution in [0.1, 0.15) is 52.9 Å². The molecule has 2 heteroatoms. The first-order valence-electron chi connectivity index (χ1n) is 5.25. The van der Waals surface area contributed by atoms with Crippen molar-refractivity contribution in [3.8, 4) is 0 Å². The van der Waals surface area contributed by atoms with Crippen LogP contribution in [0.3, 0.4) is 0 Å². The van der Waals surface area contributed by atoms with Crippen LogP contribution >= 0.6 is 0 Å². The van der Waals surface area contributed by atoms with Crippen molar-refractivity contribution >= 4 is 5.97 Å². The van der Waals surface area contributed by atoms with Crippen molar-refractivity contribution in [2.24, 2.45) is 5.92 Å². The zero-order valence-electron chi connectivity index (χ0n) is 8.93. The van der Waals surface area contributed by atoms with Crippen LogP contribution in [0, 0.1) is 5.92 Å². The highest BCUT2D eigenvalue weighted by molar-refractivity contribution is 5.66. The van der Waals surface area contributed by atoms with Crippen LogP contribution in [-0.4, -0.2) is 11.6 Å². The lowest BCUT2D eigenvalue weighted by Gasteiger charge is -2.36. The Bertz CT molecular complexity index is 179. The predicted molar refractivity (Wildman–Crippen MR) is 52.4 cm³/mol. The average Bonchev–Trinajstić information content (AvgIpc) is 2.04. The van der Waals surface area contributed by atoms with Crippen LogP contribution in [-0.2, 0) is 9.53 Å². The molecule has 0 aromatic heterocycles. The van der Waals surface area contributed by atoms with Crippen molar-refractivity contribution in [2.45, 2.75) is 58.5 Å². The lowest BCUT2D eigenvalue weighted by Crippen LogP contribution is -2.35. The van der Waals surface area contributed by atoms with Gasteiger partial charge in [0, 0.05) is 6.92 Å². The number of hydrogen-bond donors (Lipinski definition) is 0. The van der Waals surface area contributed by atoms with Gasteiger partial charge in [0.25, 0.3) is 0 Å². The molecular weight excluding hydrogens is 164 g/mol. The lowest BCUT2D eigenvalue weighted by atomic mass is 9.79. The Morgan fingerprint density at radius 2 is 2.00 bits per heavy atom. The highest BCUT2D eigenvalue weighted by Crippen LogP contribution is 2.35. The van der Waals surface area contributed by atoms with Gasteiger partial charge in [0.1, 0.15) is 5.60 Å². The molecule has 1 aliphatic rings. The summed E-state index contributed by atoms with van der Waals surface area (Å²) in [7, 11) is 0. The lowest BCUT2D eigenvalue weighted by molar-refractivity contribution is -0.159. The number of esters is 1. The van der Waals surface area contributed by atoms with E-state index in [9.17, 15) is 4.79 Å². The van der Waals surface area contributed by atoms with E-state index in [4.69, 9.17) is 4.74 Å². The van der Waals surface area contributed by atoms with Gasteiger partial charge in [0.15, 0.2) is 0 Å². The summed E-state index contributed by atoms with van der Waals surface area (Å²) in [6.45, 7) is 5.79. The first-order valence-corrected chi connectivity index (χ1v) is 5.25. The first kappa shape index (κ1) is 10.6. The first-order chi connectivity index (χ1) is 6.06. The number of carbonyl (C=O) groups excluding carboxylic acids is 1. The van der Waals surface area contributed by atoms with Gasteiger partial charge in [-0.3, -0.25) is 4.79 Å². The zero-order chi connectivity index (χ0) is 9.90. The van der Waals surface area contributed by atoms with Crippen molar-refractivity contribution < 1.29 is 9.53 Å². The van der Waals surface area contributed by atoms with Gasteiger partial charge in [-0.1, -0.05) is 13.3 Å². The number of carbonyl (C=O) groups is 1. The van der Waals surface area contributed by atoms with Crippen LogP contribution in [0.15, 0.2) is 0 Å². The molecule has 0 N–H and O–H groups in total. The summed E-state index contributed by atoms with van der Waals surface area (Å²) in [4.78, 5) is 10.8. The molecule has 0 spiro atoms. The fraction of sp³-hybridized carbons (Fsp3) is 0.909. The summed E-state index contributed by atoms with van der Waals surface area (Å²) in [6.07, 6.45) is 5.74. The Morgan fingerprint density at radius 3 is 2.38 bits per heavy atom. The smallest absolute Gasteiger partial charge is 0.303 e. The minimum Gasteiger partial charge on any atom is -0.460 e. The molecule has 2 nitrogen and oxygen atoms in total. The molecule has 0 aromatic carbocycles. The number of hydrogen-bond acceptors (Lipinski definition) is 2. The quantitative estimate of drug-likeness (QED) is 0.617. The van der Waals surface area contributed by atoms with Crippen molar-refractivity contribution in [3.05, 3.63) is 0 Å². The predicted octanol–water partition coefficient (Wildman–Crippen LogP) is 2.91. The van der Waals surface area contributed by atoms with Crippen molar-refractivity contribution in [1.82, 2.24) is 0 Å². The van der Waals surface area contributed by atoms with Crippen molar-refractivity contribution in [2.75, 3.05) is 0 Å². The Morgan fingerprint density at radius 1 is 1.46 bits per heavy atom. The summed E-state index contributed by atoms with van der Waals surface area (Å²) < 4.78 is 5.33. The molecule has 1 rings (SSSR count). The van der Waals surface area contributed by atoms with Gasteiger partial charge in [0.05, 0.1) is 0 Å². The molecule has 0 bridgehead atoms. The third kappa shape index (κ3) is 3.02. The van der Waals surface area contributed by atoms with Crippen LogP contribution in [0.5, 0.6) is 0 Å². The van der Waals surface area contributed by atoms with Crippen LogP contribution in [0.4, 0.5) is 0 Å². The normalized spacial score (nSPS) is 34.2. The highest BCUT2D eigenvalue weighted by Gasteiger charge is 2.32. The molecule has 1 aliphatic carbocycles. The minimum absolute atomic E-state index is 0.141. The molecular formula is C11H20O2. The Balaban J connectivity index is 2.41. The van der Waals surface area contributed by atoms with Gasteiger partial charge in [-0.05, 0) is 38.5 Å². The second kappa shape index (κ2) is 4.12. The van der Waals surface area contributed by atoms with E-state index < -0.39 is 0 Å². The molecule has 0 atom stereocenters. The summed E-state index contributed by atoms with van der Waals surface area (Å²) in [6, 6.07) is 0. The molecule has 0 amide bonds. The maximum atomic E-state index is 10.8. The van der Waals surface area contributed by atoms with E-state index in [0.717, 1.165) is 18.8 Å². The molecule has 0 saturated heterocycles. The third-order valence-electron chi connectivity index (χ3n) is 3.13. The fourth-order valence-corrected chi connectivity index (χ4v) is 2.15. The van der Waals surface area contributed by atoms with Crippen LogP contribution in [0.2, 0.25) is 0 Å². The van der Waals surface area contributed by atoms with Crippen molar-refractivity contribution in [1.29, 1.82) is 0 Å². The van der Waals surface area contributed by atoms with E-state index in [-0.39, 0.29) is 11.6 Å². The third-order valence-corrected chi connectivity index (χ3v) is 3.13. The number of ether oxygens (including phenoxy) is 1. The summed E-state index contributed by atoms with van der Waals surface area (Å²) in [5.74, 6) is 0.709. The minimum atomic E-state index is -0.169. The topological polar surface area (TPSA) is 26.3 Å². The van der Waals surface area contributed by atoms with Gasteiger partial charge in [-0.25, -0.2) is 0 Å². The van der Waals surface area contributed by atoms with Crippen LogP contribution in [0.25, 0.3) is 0 Å². The summed E-state index contributed by atoms with van der Waals surface area (Å²) in [5, 5.41) is 0. The van der Waals surface area contributed by atoms with Gasteiger partial charge >= 0.3 is 5.97 Å². The van der Waals surface area contributed by atoms with Crippen LogP contribution < -0.4 is 0 Å². The highest BCUT2D eigenvalue weighted by atomic mass is 16.6. The molecule has 0 heterocycles. The Kier molecular flexibility index (Phi) is 3.34. The molecule has 0 radical (unpaired) electrons. The average molecular weight is 184 g/mol. The fourth-order valence-electron chi connectivity index (χ4n) is 2.15. The molecule has 1 fully saturated rings. The van der Waals surface area contributed by atoms with E-state index in [1.54, 1.807) is 0 Å². The largest absolute Gasteiger partial charge is 0.460 e. The molecule has 76 valence electrons. The van der Waals surface area contributed by atoms with Gasteiger partial charge < -0.3 is 4.74 Å². The van der Waals surface area contributed by atoms with Gasteiger partial charge in [0.2, 0.25) is 0 Å². The molecule has 0 unspecified atom stereocenters. The second-order valence-electron chi connectivity index (χ2n) is 4.40. The van der Waals surface area contributed by atoms with E-state index in [2.05, 4.69) is 13.8 Å². The molecule has 13 heavy (non-hydrogen) atoms. The van der Waals surface area contributed by atoms with Crippen molar-refractivity contribution in [3.63, 3.8) is 0 Å². The van der Waals surface area contributed by atoms with E-state index >= 15 is 0 Å². The number of rotatable bonds is 2. The Hall–Kier alpha value is -0.530. The molecule has 0 aliphatic heterocycles. The maximum Gasteiger partial charge on any atom is 0.303 e. The monoisotopic (exact) mass is 184 g/mol. The SMILES string of the molecule is CCC1CCC(C)(OC(C)=O)CC1. The summed E-state index contributed by atoms with van der Waals surface area (Å²) in [5.41, 5.74) is -0.169. The molecule has 1 saturated carbocycles. The maximum absolute atomic E-state index is 10.8.